The first-order valence-electron chi connectivity index (χ1n) is 5.22. The van der Waals surface area contributed by atoms with E-state index in [9.17, 15) is 0 Å². The molecule has 2 rings (SSSR count). The molecule has 0 fully saturated rings. The number of rotatable bonds is 5. The first-order chi connectivity index (χ1) is 8.28. The molecule has 0 saturated heterocycles. The molecule has 0 bridgehead atoms. The Bertz CT molecular complexity index is 485. The van der Waals surface area contributed by atoms with E-state index in [-0.39, 0.29) is 0 Å². The van der Waals surface area contributed by atoms with Gasteiger partial charge in [0.15, 0.2) is 5.22 Å². The molecular weight excluding hydrogens is 240 g/mol. The Kier molecular flexibility index (Phi) is 4.01. The molecule has 2 aromatic heterocycles. The molecule has 0 aromatic carbocycles. The molecule has 0 aliphatic rings. The third kappa shape index (κ3) is 3.47. The number of halogens is 1. The maximum absolute atomic E-state index is 5.68. The van der Waals surface area contributed by atoms with Crippen molar-refractivity contribution in [2.24, 2.45) is 0 Å². The Morgan fingerprint density at radius 1 is 1.35 bits per heavy atom. The molecule has 1 N–H and O–H groups in total. The molecule has 0 saturated carbocycles. The minimum absolute atomic E-state index is 0.410. The summed E-state index contributed by atoms with van der Waals surface area (Å²) in [5, 5.41) is 3.66. The fourth-order valence-electron chi connectivity index (χ4n) is 1.45. The average molecular weight is 253 g/mol. The maximum Gasteiger partial charge on any atom is 0.213 e. The number of methoxy groups -OCH3 is 1. The van der Waals surface area contributed by atoms with Gasteiger partial charge in [-0.1, -0.05) is 0 Å². The van der Waals surface area contributed by atoms with Crippen LogP contribution < -0.4 is 10.1 Å². The number of nitrogens with zero attached hydrogens (tertiary/aromatic N) is 1. The van der Waals surface area contributed by atoms with E-state index < -0.39 is 0 Å². The van der Waals surface area contributed by atoms with Crippen LogP contribution >= 0.6 is 11.6 Å². The summed E-state index contributed by atoms with van der Waals surface area (Å²) < 4.78 is 10.3. The van der Waals surface area contributed by atoms with Crippen molar-refractivity contribution in [1.82, 2.24) is 10.3 Å². The lowest BCUT2D eigenvalue weighted by Gasteiger charge is -2.04. The summed E-state index contributed by atoms with van der Waals surface area (Å²) in [5.41, 5.74) is 1.11. The van der Waals surface area contributed by atoms with E-state index >= 15 is 0 Å². The topological polar surface area (TPSA) is 47.3 Å². The molecule has 2 aromatic rings. The summed E-state index contributed by atoms with van der Waals surface area (Å²) >= 11 is 5.68. The van der Waals surface area contributed by atoms with E-state index in [1.54, 1.807) is 19.4 Å². The van der Waals surface area contributed by atoms with Gasteiger partial charge in [-0.25, -0.2) is 4.98 Å². The smallest absolute Gasteiger partial charge is 0.213 e. The standard InChI is InChI=1S/C12H13ClN2O2/c1-16-12-6-9(4-5-15-12)7-14-8-10-2-3-11(13)17-10/h2-6,14H,7-8H2,1H3. The molecule has 0 unspecified atom stereocenters. The molecule has 0 aliphatic heterocycles. The van der Waals surface area contributed by atoms with Gasteiger partial charge in [0.25, 0.3) is 0 Å². The maximum atomic E-state index is 5.68. The highest BCUT2D eigenvalue weighted by Crippen LogP contribution is 2.13. The Hall–Kier alpha value is -1.52. The molecule has 4 nitrogen and oxygen atoms in total. The van der Waals surface area contributed by atoms with Crippen LogP contribution in [0.15, 0.2) is 34.9 Å². The molecule has 17 heavy (non-hydrogen) atoms. The van der Waals surface area contributed by atoms with Gasteiger partial charge in [-0.05, 0) is 35.4 Å². The molecular formula is C12H13ClN2O2. The van der Waals surface area contributed by atoms with Crippen LogP contribution in [0, 0.1) is 0 Å². The van der Waals surface area contributed by atoms with Gasteiger partial charge in [-0.15, -0.1) is 0 Å². The van der Waals surface area contributed by atoms with Crippen molar-refractivity contribution in [2.75, 3.05) is 7.11 Å². The third-order valence-electron chi connectivity index (χ3n) is 2.27. The Balaban J connectivity index is 1.85. The fraction of sp³-hybridized carbons (Fsp3) is 0.250. The normalized spacial score (nSPS) is 10.5. The second-order valence-electron chi connectivity index (χ2n) is 3.52. The number of hydrogen-bond donors (Lipinski definition) is 1. The van der Waals surface area contributed by atoms with Crippen molar-refractivity contribution in [1.29, 1.82) is 0 Å². The van der Waals surface area contributed by atoms with Crippen LogP contribution in [0.5, 0.6) is 5.88 Å². The predicted octanol–water partition coefficient (Wildman–Crippen LogP) is 2.63. The molecule has 0 amide bonds. The van der Waals surface area contributed by atoms with E-state index in [1.165, 1.54) is 0 Å². The minimum atomic E-state index is 0.410. The minimum Gasteiger partial charge on any atom is -0.481 e. The van der Waals surface area contributed by atoms with Gasteiger partial charge in [0, 0.05) is 18.8 Å². The summed E-state index contributed by atoms with van der Waals surface area (Å²) in [6.45, 7) is 1.36. The van der Waals surface area contributed by atoms with Crippen LogP contribution in [0.1, 0.15) is 11.3 Å². The van der Waals surface area contributed by atoms with Crippen molar-refractivity contribution in [3.8, 4) is 5.88 Å². The Morgan fingerprint density at radius 3 is 2.94 bits per heavy atom. The molecule has 2 heterocycles. The quantitative estimate of drug-likeness (QED) is 0.889. The molecule has 0 radical (unpaired) electrons. The van der Waals surface area contributed by atoms with Gasteiger partial charge in [0.2, 0.25) is 5.88 Å². The van der Waals surface area contributed by atoms with Crippen LogP contribution in [-0.2, 0) is 13.1 Å². The lowest BCUT2D eigenvalue weighted by molar-refractivity contribution is 0.397. The molecule has 5 heteroatoms. The van der Waals surface area contributed by atoms with E-state index in [4.69, 9.17) is 20.8 Å². The highest BCUT2D eigenvalue weighted by molar-refractivity contribution is 6.28. The van der Waals surface area contributed by atoms with Crippen molar-refractivity contribution < 1.29 is 9.15 Å². The summed E-state index contributed by atoms with van der Waals surface area (Å²) in [4.78, 5) is 4.04. The summed E-state index contributed by atoms with van der Waals surface area (Å²) in [5.74, 6) is 1.43. The van der Waals surface area contributed by atoms with Crippen LogP contribution in [0.2, 0.25) is 5.22 Å². The van der Waals surface area contributed by atoms with E-state index in [2.05, 4.69) is 10.3 Å². The number of hydrogen-bond acceptors (Lipinski definition) is 4. The molecule has 0 aliphatic carbocycles. The summed E-state index contributed by atoms with van der Waals surface area (Å²) in [6.07, 6.45) is 1.72. The average Bonchev–Trinajstić information content (AvgIpc) is 2.75. The van der Waals surface area contributed by atoms with E-state index in [1.807, 2.05) is 18.2 Å². The van der Waals surface area contributed by atoms with Gasteiger partial charge in [-0.2, -0.15) is 0 Å². The van der Waals surface area contributed by atoms with Gasteiger partial charge >= 0.3 is 0 Å². The number of furan rings is 1. The zero-order valence-corrected chi connectivity index (χ0v) is 10.2. The SMILES string of the molecule is COc1cc(CNCc2ccc(Cl)o2)ccn1. The van der Waals surface area contributed by atoms with Crippen LogP contribution in [0.4, 0.5) is 0 Å². The molecule has 0 atom stereocenters. The second kappa shape index (κ2) is 5.70. The van der Waals surface area contributed by atoms with Crippen LogP contribution in [0.3, 0.4) is 0 Å². The van der Waals surface area contributed by atoms with Crippen molar-refractivity contribution in [3.05, 3.63) is 47.0 Å². The lowest BCUT2D eigenvalue weighted by atomic mass is 10.2. The lowest BCUT2D eigenvalue weighted by Crippen LogP contribution is -2.12. The monoisotopic (exact) mass is 252 g/mol. The van der Waals surface area contributed by atoms with Gasteiger partial charge < -0.3 is 14.5 Å². The van der Waals surface area contributed by atoms with Gasteiger partial charge in [0.05, 0.1) is 13.7 Å². The van der Waals surface area contributed by atoms with Crippen molar-refractivity contribution in [3.63, 3.8) is 0 Å². The highest BCUT2D eigenvalue weighted by atomic mass is 35.5. The largest absolute Gasteiger partial charge is 0.481 e. The summed E-state index contributed by atoms with van der Waals surface area (Å²) in [7, 11) is 1.60. The first-order valence-corrected chi connectivity index (χ1v) is 5.59. The number of ether oxygens (including phenoxy) is 1. The third-order valence-corrected chi connectivity index (χ3v) is 2.47. The van der Waals surface area contributed by atoms with Gasteiger partial charge in [0.1, 0.15) is 5.76 Å². The molecule has 90 valence electrons. The van der Waals surface area contributed by atoms with Crippen LogP contribution in [-0.4, -0.2) is 12.1 Å². The van der Waals surface area contributed by atoms with Crippen molar-refractivity contribution >= 4 is 11.6 Å². The number of pyridine rings is 1. The van der Waals surface area contributed by atoms with Crippen molar-refractivity contribution in [2.45, 2.75) is 13.1 Å². The zero-order valence-electron chi connectivity index (χ0n) is 9.44. The first kappa shape index (κ1) is 12.0. The zero-order chi connectivity index (χ0) is 12.1. The van der Waals surface area contributed by atoms with E-state index in [0.717, 1.165) is 17.9 Å². The van der Waals surface area contributed by atoms with Gasteiger partial charge in [-0.3, -0.25) is 0 Å². The fourth-order valence-corrected chi connectivity index (χ4v) is 1.61. The summed E-state index contributed by atoms with van der Waals surface area (Å²) in [6, 6.07) is 7.41. The Labute approximate surface area is 105 Å². The second-order valence-corrected chi connectivity index (χ2v) is 3.89. The Morgan fingerprint density at radius 2 is 2.24 bits per heavy atom. The predicted molar refractivity (Wildman–Crippen MR) is 65.1 cm³/mol. The highest BCUT2D eigenvalue weighted by Gasteiger charge is 2.00. The number of aromatic nitrogens is 1. The van der Waals surface area contributed by atoms with E-state index in [0.29, 0.717) is 17.6 Å². The number of nitrogens with one attached hydrogen (secondary N) is 1. The molecule has 0 spiro atoms. The van der Waals surface area contributed by atoms with Crippen LogP contribution in [0.25, 0.3) is 0 Å².